The van der Waals surface area contributed by atoms with E-state index in [0.717, 1.165) is 44.1 Å². The SMILES string of the molecule is COc1ccc2nc(SCC(=O)Nc3cc(C)cc(C)c3)c(C)cc2c1. The number of rotatable bonds is 5. The zero-order valence-corrected chi connectivity index (χ0v) is 16.2. The maximum absolute atomic E-state index is 12.3. The summed E-state index contributed by atoms with van der Waals surface area (Å²) in [4.78, 5) is 17.0. The van der Waals surface area contributed by atoms with Crippen LogP contribution in [-0.4, -0.2) is 23.8 Å². The van der Waals surface area contributed by atoms with Crippen LogP contribution in [-0.2, 0) is 4.79 Å². The molecule has 0 aliphatic rings. The smallest absolute Gasteiger partial charge is 0.234 e. The van der Waals surface area contributed by atoms with Gasteiger partial charge in [0.05, 0.1) is 18.4 Å². The first-order valence-corrected chi connectivity index (χ1v) is 9.39. The van der Waals surface area contributed by atoms with Crippen molar-refractivity contribution >= 4 is 34.3 Å². The quantitative estimate of drug-likeness (QED) is 0.653. The van der Waals surface area contributed by atoms with Gasteiger partial charge in [0.1, 0.15) is 10.8 Å². The molecule has 134 valence electrons. The van der Waals surface area contributed by atoms with Gasteiger partial charge < -0.3 is 10.1 Å². The Bertz CT molecular complexity index is 949. The van der Waals surface area contributed by atoms with Gasteiger partial charge in [-0.3, -0.25) is 4.79 Å². The van der Waals surface area contributed by atoms with Gasteiger partial charge in [0, 0.05) is 11.1 Å². The van der Waals surface area contributed by atoms with Gasteiger partial charge in [-0.15, -0.1) is 0 Å². The minimum absolute atomic E-state index is 0.0315. The molecule has 5 heteroatoms. The molecular formula is C21H22N2O2S. The third-order valence-electron chi connectivity index (χ3n) is 4.01. The predicted molar refractivity (Wildman–Crippen MR) is 108 cm³/mol. The number of fused-ring (bicyclic) bond motifs is 1. The number of methoxy groups -OCH3 is 1. The van der Waals surface area contributed by atoms with Crippen molar-refractivity contribution in [1.29, 1.82) is 0 Å². The largest absolute Gasteiger partial charge is 0.497 e. The van der Waals surface area contributed by atoms with Crippen molar-refractivity contribution in [3.05, 3.63) is 59.2 Å². The van der Waals surface area contributed by atoms with Crippen LogP contribution in [0.3, 0.4) is 0 Å². The van der Waals surface area contributed by atoms with Gasteiger partial charge in [-0.05, 0) is 73.9 Å². The van der Waals surface area contributed by atoms with Gasteiger partial charge in [-0.25, -0.2) is 4.98 Å². The number of nitrogens with zero attached hydrogens (tertiary/aromatic N) is 1. The van der Waals surface area contributed by atoms with Gasteiger partial charge in [0.15, 0.2) is 0 Å². The van der Waals surface area contributed by atoms with E-state index in [9.17, 15) is 4.79 Å². The summed E-state index contributed by atoms with van der Waals surface area (Å²) in [5.41, 5.74) is 5.05. The van der Waals surface area contributed by atoms with E-state index in [2.05, 4.69) is 22.4 Å². The van der Waals surface area contributed by atoms with Crippen LogP contribution < -0.4 is 10.1 Å². The molecule has 4 nitrogen and oxygen atoms in total. The van der Waals surface area contributed by atoms with Crippen molar-refractivity contribution < 1.29 is 9.53 Å². The fourth-order valence-electron chi connectivity index (χ4n) is 2.89. The molecule has 0 fully saturated rings. The van der Waals surface area contributed by atoms with E-state index in [0.29, 0.717) is 5.75 Å². The predicted octanol–water partition coefficient (Wildman–Crippen LogP) is 4.90. The first-order valence-electron chi connectivity index (χ1n) is 8.41. The lowest BCUT2D eigenvalue weighted by Crippen LogP contribution is -2.14. The molecule has 0 atom stereocenters. The van der Waals surface area contributed by atoms with E-state index in [4.69, 9.17) is 4.74 Å². The molecule has 1 aromatic heterocycles. The van der Waals surface area contributed by atoms with E-state index in [1.54, 1.807) is 7.11 Å². The number of ether oxygens (including phenoxy) is 1. The Hall–Kier alpha value is -2.53. The minimum Gasteiger partial charge on any atom is -0.497 e. The highest BCUT2D eigenvalue weighted by Gasteiger charge is 2.09. The van der Waals surface area contributed by atoms with Crippen molar-refractivity contribution in [2.45, 2.75) is 25.8 Å². The van der Waals surface area contributed by atoms with E-state index in [1.807, 2.05) is 51.1 Å². The van der Waals surface area contributed by atoms with Crippen molar-refractivity contribution in [1.82, 2.24) is 4.98 Å². The number of hydrogen-bond acceptors (Lipinski definition) is 4. The van der Waals surface area contributed by atoms with Crippen LogP contribution in [0.1, 0.15) is 16.7 Å². The zero-order valence-electron chi connectivity index (χ0n) is 15.4. The lowest BCUT2D eigenvalue weighted by Gasteiger charge is -2.09. The molecule has 0 bridgehead atoms. The fraction of sp³-hybridized carbons (Fsp3) is 0.238. The number of benzene rings is 2. The Labute approximate surface area is 158 Å². The highest BCUT2D eigenvalue weighted by molar-refractivity contribution is 8.00. The van der Waals surface area contributed by atoms with Gasteiger partial charge in [0.2, 0.25) is 5.91 Å². The minimum atomic E-state index is -0.0315. The number of hydrogen-bond donors (Lipinski definition) is 1. The van der Waals surface area contributed by atoms with Gasteiger partial charge >= 0.3 is 0 Å². The van der Waals surface area contributed by atoms with Crippen molar-refractivity contribution in [2.24, 2.45) is 0 Å². The number of aromatic nitrogens is 1. The molecule has 0 unspecified atom stereocenters. The lowest BCUT2D eigenvalue weighted by molar-refractivity contribution is -0.113. The molecule has 1 amide bonds. The molecule has 0 saturated heterocycles. The Morgan fingerprint density at radius 1 is 1.08 bits per heavy atom. The van der Waals surface area contributed by atoms with Crippen LogP contribution in [0.5, 0.6) is 5.75 Å². The van der Waals surface area contributed by atoms with E-state index in [-0.39, 0.29) is 5.91 Å². The molecule has 2 aromatic carbocycles. The van der Waals surface area contributed by atoms with Crippen LogP contribution in [0, 0.1) is 20.8 Å². The molecular weight excluding hydrogens is 344 g/mol. The Morgan fingerprint density at radius 2 is 1.81 bits per heavy atom. The second kappa shape index (κ2) is 7.79. The number of nitrogens with one attached hydrogen (secondary N) is 1. The summed E-state index contributed by atoms with van der Waals surface area (Å²) in [6, 6.07) is 13.9. The number of thioether (sulfide) groups is 1. The van der Waals surface area contributed by atoms with E-state index in [1.165, 1.54) is 11.8 Å². The van der Waals surface area contributed by atoms with E-state index < -0.39 is 0 Å². The maximum Gasteiger partial charge on any atom is 0.234 e. The molecule has 1 heterocycles. The van der Waals surface area contributed by atoms with Gasteiger partial charge in [-0.2, -0.15) is 0 Å². The Morgan fingerprint density at radius 3 is 2.50 bits per heavy atom. The van der Waals surface area contributed by atoms with Gasteiger partial charge in [-0.1, -0.05) is 17.8 Å². The zero-order chi connectivity index (χ0) is 18.7. The van der Waals surface area contributed by atoms with E-state index >= 15 is 0 Å². The van der Waals surface area contributed by atoms with Gasteiger partial charge in [0.25, 0.3) is 0 Å². The molecule has 26 heavy (non-hydrogen) atoms. The summed E-state index contributed by atoms with van der Waals surface area (Å²) >= 11 is 1.45. The highest BCUT2D eigenvalue weighted by atomic mass is 32.2. The molecule has 0 aliphatic heterocycles. The third kappa shape index (κ3) is 4.35. The summed E-state index contributed by atoms with van der Waals surface area (Å²) in [5, 5.41) is 4.87. The summed E-state index contributed by atoms with van der Waals surface area (Å²) in [7, 11) is 1.65. The third-order valence-corrected chi connectivity index (χ3v) is 5.10. The molecule has 1 N–H and O–H groups in total. The van der Waals surface area contributed by atoms with Crippen molar-refractivity contribution in [2.75, 3.05) is 18.2 Å². The Balaban J connectivity index is 1.70. The normalized spacial score (nSPS) is 10.8. The number of aryl methyl sites for hydroxylation is 3. The number of carbonyl (C=O) groups is 1. The van der Waals surface area contributed by atoms with Crippen LogP contribution in [0.4, 0.5) is 5.69 Å². The second-order valence-electron chi connectivity index (χ2n) is 6.38. The second-order valence-corrected chi connectivity index (χ2v) is 7.35. The van der Waals surface area contributed by atoms with Crippen LogP contribution >= 0.6 is 11.8 Å². The fourth-order valence-corrected chi connectivity index (χ4v) is 3.68. The monoisotopic (exact) mass is 366 g/mol. The average molecular weight is 366 g/mol. The van der Waals surface area contributed by atoms with Crippen LogP contribution in [0.2, 0.25) is 0 Å². The Kier molecular flexibility index (Phi) is 5.47. The summed E-state index contributed by atoms with van der Waals surface area (Å²) in [5.74, 6) is 1.10. The van der Waals surface area contributed by atoms with Crippen molar-refractivity contribution in [3.8, 4) is 5.75 Å². The summed E-state index contributed by atoms with van der Waals surface area (Å²) in [6.07, 6.45) is 0. The van der Waals surface area contributed by atoms with Crippen molar-refractivity contribution in [3.63, 3.8) is 0 Å². The number of anilines is 1. The molecule has 3 rings (SSSR count). The van der Waals surface area contributed by atoms with Crippen LogP contribution in [0.15, 0.2) is 47.5 Å². The molecule has 3 aromatic rings. The summed E-state index contributed by atoms with van der Waals surface area (Å²) < 4.78 is 5.26. The molecule has 0 radical (unpaired) electrons. The summed E-state index contributed by atoms with van der Waals surface area (Å²) in [6.45, 7) is 6.06. The number of carbonyl (C=O) groups excluding carboxylic acids is 1. The molecule has 0 saturated carbocycles. The molecule has 0 aliphatic carbocycles. The maximum atomic E-state index is 12.3. The number of pyridine rings is 1. The topological polar surface area (TPSA) is 51.2 Å². The standard InChI is InChI=1S/C21H22N2O2S/c1-13-7-14(2)9-17(8-13)22-20(24)12-26-21-15(3)10-16-11-18(25-4)5-6-19(16)23-21/h5-11H,12H2,1-4H3,(H,22,24). The first-order chi connectivity index (χ1) is 12.4. The van der Waals surface area contributed by atoms with Crippen LogP contribution in [0.25, 0.3) is 10.9 Å². The lowest BCUT2D eigenvalue weighted by atomic mass is 10.1. The first kappa shape index (κ1) is 18.3. The average Bonchev–Trinajstić information content (AvgIpc) is 2.58. The molecule has 0 spiro atoms. The highest BCUT2D eigenvalue weighted by Crippen LogP contribution is 2.27. The number of amides is 1.